The maximum absolute atomic E-state index is 15.3. The van der Waals surface area contributed by atoms with Crippen LogP contribution in [0.5, 0.6) is 0 Å². The molecule has 3 N–H and O–H groups in total. The van der Waals surface area contributed by atoms with E-state index < -0.39 is 174 Å². The van der Waals surface area contributed by atoms with Crippen LogP contribution in [0.15, 0.2) is 0 Å². The number of hydrogen-bond donors (Lipinski definition) is 3. The number of carbonyl (C=O) groups excluding carboxylic acids is 3. The standard InChI is InChI=1S/C50H66F18O9/c1-7-39(5,36(70)76-34(31-19-24-9-10-27(31)14-24)21-42(72,45(51,52)53)46(54,55)56)23-40(6,37(71)77-41(8-2)29-15-25-13-26(17-29)18-30(41)16-25)22-38(3,4)35(69)75-33-20-28(43(73,47(57,58)59)48(60,61)62)11-12-32(33)44(74,49(63,64)65)50(66,67)68/h24-34,72-74H,7-23H2,1-6H3. The first kappa shape index (κ1) is 63.2. The van der Waals surface area contributed by atoms with Gasteiger partial charge in [-0.05, 0) is 165 Å². The van der Waals surface area contributed by atoms with E-state index in [1.165, 1.54) is 6.92 Å². The van der Waals surface area contributed by atoms with Crippen LogP contribution in [0, 0.1) is 69.5 Å². The van der Waals surface area contributed by atoms with E-state index in [1.54, 1.807) is 6.92 Å². The maximum Gasteiger partial charge on any atom is 0.426 e. The highest BCUT2D eigenvalue weighted by molar-refractivity contribution is 5.83. The lowest BCUT2D eigenvalue weighted by atomic mass is 9.49. The van der Waals surface area contributed by atoms with Crippen LogP contribution >= 0.6 is 0 Å². The lowest BCUT2D eigenvalue weighted by Crippen LogP contribution is -2.68. The van der Waals surface area contributed by atoms with Crippen LogP contribution in [0.3, 0.4) is 0 Å². The molecule has 7 fully saturated rings. The summed E-state index contributed by atoms with van der Waals surface area (Å²) in [7, 11) is 0. The summed E-state index contributed by atoms with van der Waals surface area (Å²) >= 11 is 0. The molecular formula is C50H66F18O9. The van der Waals surface area contributed by atoms with Gasteiger partial charge in [-0.25, -0.2) is 0 Å². The molecule has 0 aromatic rings. The number of aliphatic hydroxyl groups is 3. The van der Waals surface area contributed by atoms with Crippen molar-refractivity contribution in [2.24, 2.45) is 69.5 Å². The number of rotatable bonds is 17. The minimum Gasteiger partial charge on any atom is -0.462 e. The van der Waals surface area contributed by atoms with Crippen molar-refractivity contribution in [1.29, 1.82) is 0 Å². The Hall–Kier alpha value is -2.97. The smallest absolute Gasteiger partial charge is 0.426 e. The molecule has 9 unspecified atom stereocenters. The summed E-state index contributed by atoms with van der Waals surface area (Å²) in [6.07, 6.45) is -51.1. The molecule has 0 aromatic heterocycles. The monoisotopic (exact) mass is 1150 g/mol. The number of esters is 3. The maximum atomic E-state index is 15.3. The fourth-order valence-corrected chi connectivity index (χ4v) is 15.2. The third kappa shape index (κ3) is 11.0. The largest absolute Gasteiger partial charge is 0.462 e. The molecule has 7 saturated carbocycles. The van der Waals surface area contributed by atoms with Crippen LogP contribution in [0.25, 0.3) is 0 Å². The van der Waals surface area contributed by atoms with Crippen molar-refractivity contribution in [3.05, 3.63) is 0 Å². The van der Waals surface area contributed by atoms with Gasteiger partial charge in [0.2, 0.25) is 0 Å². The van der Waals surface area contributed by atoms with Crippen molar-refractivity contribution in [2.45, 2.75) is 222 Å². The van der Waals surface area contributed by atoms with Crippen molar-refractivity contribution in [3.8, 4) is 0 Å². The third-order valence-corrected chi connectivity index (χ3v) is 19.2. The van der Waals surface area contributed by atoms with Gasteiger partial charge in [-0.1, -0.05) is 20.3 Å². The van der Waals surface area contributed by atoms with E-state index in [-0.39, 0.29) is 42.4 Å². The Bertz CT molecular complexity index is 2100. The topological polar surface area (TPSA) is 140 Å². The predicted octanol–water partition coefficient (Wildman–Crippen LogP) is 13.0. The number of alkyl halides is 18. The van der Waals surface area contributed by atoms with Crippen LogP contribution in [-0.4, -0.2) is 105 Å². The summed E-state index contributed by atoms with van der Waals surface area (Å²) in [5, 5.41) is 31.1. The average Bonchev–Trinajstić information content (AvgIpc) is 3.91. The summed E-state index contributed by atoms with van der Waals surface area (Å²) in [4.78, 5) is 44.4. The van der Waals surface area contributed by atoms with Gasteiger partial charge in [0.05, 0.1) is 16.2 Å². The van der Waals surface area contributed by atoms with Crippen molar-refractivity contribution in [3.63, 3.8) is 0 Å². The van der Waals surface area contributed by atoms with Gasteiger partial charge in [0, 0.05) is 18.3 Å². The van der Waals surface area contributed by atoms with Gasteiger partial charge >= 0.3 is 55.0 Å². The second-order valence-corrected chi connectivity index (χ2v) is 24.6. The van der Waals surface area contributed by atoms with Gasteiger partial charge in [0.15, 0.2) is 0 Å². The molecule has 0 spiro atoms. The Morgan fingerprint density at radius 2 is 1.03 bits per heavy atom. The minimum absolute atomic E-state index is 0.0123. The molecule has 7 rings (SSSR count). The van der Waals surface area contributed by atoms with Crippen LogP contribution in [0.1, 0.15) is 151 Å². The number of fused-ring (bicyclic) bond motifs is 2. The van der Waals surface area contributed by atoms with E-state index >= 15 is 4.79 Å². The van der Waals surface area contributed by atoms with Crippen molar-refractivity contribution in [2.75, 3.05) is 0 Å². The van der Waals surface area contributed by atoms with Gasteiger partial charge in [-0.2, -0.15) is 79.0 Å². The van der Waals surface area contributed by atoms with E-state index in [1.807, 2.05) is 0 Å². The fraction of sp³-hybridized carbons (Fsp3) is 0.940. The van der Waals surface area contributed by atoms with E-state index in [2.05, 4.69) is 0 Å². The van der Waals surface area contributed by atoms with Crippen LogP contribution < -0.4 is 0 Å². The zero-order valence-electron chi connectivity index (χ0n) is 43.0. The van der Waals surface area contributed by atoms with Crippen LogP contribution in [-0.2, 0) is 28.6 Å². The zero-order chi connectivity index (χ0) is 58.7. The quantitative estimate of drug-likeness (QED) is 0.0738. The second-order valence-electron chi connectivity index (χ2n) is 24.6. The van der Waals surface area contributed by atoms with Gasteiger partial charge in [0.25, 0.3) is 16.8 Å². The van der Waals surface area contributed by atoms with Crippen LogP contribution in [0.2, 0.25) is 0 Å². The third-order valence-electron chi connectivity index (χ3n) is 19.2. The van der Waals surface area contributed by atoms with E-state index in [9.17, 15) is 104 Å². The van der Waals surface area contributed by atoms with Crippen LogP contribution in [0.4, 0.5) is 79.0 Å². The van der Waals surface area contributed by atoms with Crippen molar-refractivity contribution in [1.82, 2.24) is 0 Å². The summed E-state index contributed by atoms with van der Waals surface area (Å²) in [6.45, 7) is 6.93. The molecule has 446 valence electrons. The number of halogens is 18. The molecule has 9 atom stereocenters. The fourth-order valence-electron chi connectivity index (χ4n) is 15.2. The van der Waals surface area contributed by atoms with Gasteiger partial charge < -0.3 is 29.5 Å². The first-order valence-corrected chi connectivity index (χ1v) is 25.8. The molecule has 0 aliphatic heterocycles. The predicted molar refractivity (Wildman–Crippen MR) is 231 cm³/mol. The highest BCUT2D eigenvalue weighted by atomic mass is 19.4. The molecule has 7 aliphatic rings. The lowest BCUT2D eigenvalue weighted by molar-refractivity contribution is -0.405. The van der Waals surface area contributed by atoms with E-state index in [0.29, 0.717) is 44.9 Å². The summed E-state index contributed by atoms with van der Waals surface area (Å²) < 4.78 is 274. The first-order valence-electron chi connectivity index (χ1n) is 25.8. The Labute approximate surface area is 432 Å². The Kier molecular flexibility index (Phi) is 16.6. The van der Waals surface area contributed by atoms with E-state index in [4.69, 9.17) is 14.2 Å². The lowest BCUT2D eigenvalue weighted by Gasteiger charge is -2.60. The normalized spacial score (nSPS) is 32.6. The van der Waals surface area contributed by atoms with Gasteiger partial charge in [0.1, 0.15) is 17.8 Å². The van der Waals surface area contributed by atoms with E-state index in [0.717, 1.165) is 34.1 Å². The zero-order valence-corrected chi connectivity index (χ0v) is 43.0. The molecule has 0 heterocycles. The van der Waals surface area contributed by atoms with Gasteiger partial charge in [-0.15, -0.1) is 0 Å². The highest BCUT2D eigenvalue weighted by Crippen LogP contribution is 2.63. The molecule has 6 bridgehead atoms. The molecule has 0 radical (unpaired) electrons. The Balaban J connectivity index is 1.41. The molecule has 27 heteroatoms. The van der Waals surface area contributed by atoms with Crippen molar-refractivity contribution >= 4 is 17.9 Å². The second kappa shape index (κ2) is 20.2. The number of carbonyl (C=O) groups is 3. The minimum atomic E-state index is -6.78. The van der Waals surface area contributed by atoms with Crippen molar-refractivity contribution < 1.29 is 123 Å². The SMILES string of the molecule is CCC(C)(CC(C)(CC(C)(C)C(=O)OC1CC(C(O)(C(F)(F)F)C(F)(F)F)CCC1C(O)(C(F)(F)F)C(F)(F)F)C(=O)OC1(CC)C2CC3CC(C2)CC1C3)C(=O)OC(CC(O)(C(F)(F)F)C(F)(F)F)C1CC2CCC1C2. The van der Waals surface area contributed by atoms with Gasteiger partial charge in [-0.3, -0.25) is 14.4 Å². The summed E-state index contributed by atoms with van der Waals surface area (Å²) in [5.74, 6) is -13.4. The Morgan fingerprint density at radius 1 is 0.532 bits per heavy atom. The average molecular weight is 1150 g/mol. The summed E-state index contributed by atoms with van der Waals surface area (Å²) in [6, 6.07) is 0. The molecule has 9 nitrogen and oxygen atoms in total. The molecule has 7 aliphatic carbocycles. The highest BCUT2D eigenvalue weighted by Gasteiger charge is 2.79. The summed E-state index contributed by atoms with van der Waals surface area (Å²) in [5.41, 5.74) is -25.4. The molecule has 0 saturated heterocycles. The molecule has 0 amide bonds. The number of ether oxygens (including phenoxy) is 3. The Morgan fingerprint density at radius 3 is 1.43 bits per heavy atom. The molecule has 77 heavy (non-hydrogen) atoms. The number of hydrogen-bond acceptors (Lipinski definition) is 9. The molecular weight excluding hydrogens is 1090 g/mol. The first-order chi connectivity index (χ1) is 34.6. The molecule has 0 aromatic carbocycles.